The van der Waals surface area contributed by atoms with Crippen LogP contribution in [0.1, 0.15) is 4.88 Å². The maximum Gasteiger partial charge on any atom is 0.203 e. The van der Waals surface area contributed by atoms with Gasteiger partial charge < -0.3 is 19.3 Å². The van der Waals surface area contributed by atoms with E-state index in [1.165, 1.54) is 11.3 Å². The average molecular weight is 316 g/mol. The van der Waals surface area contributed by atoms with E-state index >= 15 is 0 Å². The quantitative estimate of drug-likeness (QED) is 0.919. The minimum absolute atomic E-state index is 0.129. The summed E-state index contributed by atoms with van der Waals surface area (Å²) >= 11 is 7.15. The number of ether oxygens (including phenoxy) is 3. The van der Waals surface area contributed by atoms with Crippen LogP contribution >= 0.6 is 22.9 Å². The molecule has 0 fully saturated rings. The van der Waals surface area contributed by atoms with Crippen molar-refractivity contribution in [3.8, 4) is 28.5 Å². The summed E-state index contributed by atoms with van der Waals surface area (Å²) in [6.07, 6.45) is 0. The van der Waals surface area contributed by atoms with Crippen molar-refractivity contribution in [3.63, 3.8) is 0 Å². The highest BCUT2D eigenvalue weighted by Crippen LogP contribution is 2.42. The number of hydrogen-bond donors (Lipinski definition) is 1. The highest BCUT2D eigenvalue weighted by atomic mass is 35.5. The number of nitrogens with zero attached hydrogens (tertiary/aromatic N) is 1. The molecule has 1 heterocycles. The molecule has 0 unspecified atom stereocenters. The summed E-state index contributed by atoms with van der Waals surface area (Å²) in [5.41, 5.74) is 1.36. The standard InChI is InChI=1S/C13H14ClNO4S/c1-17-8-4-7(5-9(18-2)12(8)19-3)11-10(6-16)20-13(14)15-11/h4-5,16H,6H2,1-3H3. The van der Waals surface area contributed by atoms with Gasteiger partial charge in [-0.05, 0) is 12.1 Å². The lowest BCUT2D eigenvalue weighted by atomic mass is 10.1. The van der Waals surface area contributed by atoms with Gasteiger partial charge in [-0.1, -0.05) is 11.6 Å². The van der Waals surface area contributed by atoms with Gasteiger partial charge in [0.05, 0.1) is 38.5 Å². The molecule has 7 heteroatoms. The van der Waals surface area contributed by atoms with Crippen LogP contribution in [0.3, 0.4) is 0 Å². The molecule has 2 aromatic rings. The Hall–Kier alpha value is -1.50. The van der Waals surface area contributed by atoms with Crippen LogP contribution in [-0.4, -0.2) is 31.4 Å². The molecule has 0 aliphatic heterocycles. The zero-order chi connectivity index (χ0) is 14.7. The van der Waals surface area contributed by atoms with Crippen molar-refractivity contribution in [2.45, 2.75) is 6.61 Å². The number of benzene rings is 1. The van der Waals surface area contributed by atoms with Gasteiger partial charge in [0.15, 0.2) is 16.0 Å². The van der Waals surface area contributed by atoms with Crippen LogP contribution in [0.2, 0.25) is 4.47 Å². The summed E-state index contributed by atoms with van der Waals surface area (Å²) in [6.45, 7) is -0.129. The summed E-state index contributed by atoms with van der Waals surface area (Å²) in [7, 11) is 4.63. The Morgan fingerprint density at radius 2 is 1.75 bits per heavy atom. The van der Waals surface area contributed by atoms with E-state index in [4.69, 9.17) is 25.8 Å². The largest absolute Gasteiger partial charge is 0.493 e. The minimum atomic E-state index is -0.129. The predicted octanol–water partition coefficient (Wildman–Crippen LogP) is 2.98. The summed E-state index contributed by atoms with van der Waals surface area (Å²) < 4.78 is 16.2. The van der Waals surface area contributed by atoms with E-state index < -0.39 is 0 Å². The Morgan fingerprint density at radius 1 is 1.15 bits per heavy atom. The van der Waals surface area contributed by atoms with E-state index in [-0.39, 0.29) is 6.61 Å². The summed E-state index contributed by atoms with van der Waals surface area (Å²) in [5, 5.41) is 9.37. The summed E-state index contributed by atoms with van der Waals surface area (Å²) in [6, 6.07) is 3.54. The third kappa shape index (κ3) is 2.67. The lowest BCUT2D eigenvalue weighted by molar-refractivity contribution is 0.286. The van der Waals surface area contributed by atoms with Crippen LogP contribution in [0.4, 0.5) is 0 Å². The summed E-state index contributed by atoms with van der Waals surface area (Å²) in [4.78, 5) is 4.91. The van der Waals surface area contributed by atoms with E-state index in [1.54, 1.807) is 33.5 Å². The van der Waals surface area contributed by atoms with Crippen molar-refractivity contribution in [1.82, 2.24) is 4.98 Å². The van der Waals surface area contributed by atoms with Gasteiger partial charge in [-0.25, -0.2) is 4.98 Å². The lowest BCUT2D eigenvalue weighted by Crippen LogP contribution is -1.96. The van der Waals surface area contributed by atoms with Crippen molar-refractivity contribution in [3.05, 3.63) is 21.5 Å². The van der Waals surface area contributed by atoms with Crippen molar-refractivity contribution in [2.75, 3.05) is 21.3 Å². The Balaban J connectivity index is 2.62. The number of methoxy groups -OCH3 is 3. The molecule has 5 nitrogen and oxygen atoms in total. The number of hydrogen-bond acceptors (Lipinski definition) is 6. The van der Waals surface area contributed by atoms with Gasteiger partial charge in [0.25, 0.3) is 0 Å². The second-order valence-electron chi connectivity index (χ2n) is 3.81. The van der Waals surface area contributed by atoms with E-state index in [2.05, 4.69) is 4.98 Å². The molecule has 0 aliphatic rings. The Labute approximate surface area is 125 Å². The maximum absolute atomic E-state index is 9.37. The molecular weight excluding hydrogens is 302 g/mol. The molecule has 108 valence electrons. The average Bonchev–Trinajstić information content (AvgIpc) is 2.86. The molecule has 0 bridgehead atoms. The summed E-state index contributed by atoms with van der Waals surface area (Å²) in [5.74, 6) is 1.55. The van der Waals surface area contributed by atoms with Crippen molar-refractivity contribution >= 4 is 22.9 Å². The monoisotopic (exact) mass is 315 g/mol. The first-order valence-electron chi connectivity index (χ1n) is 5.71. The molecule has 1 aromatic heterocycles. The fourth-order valence-electron chi connectivity index (χ4n) is 1.87. The SMILES string of the molecule is COc1cc(-c2nc(Cl)sc2CO)cc(OC)c1OC. The zero-order valence-electron chi connectivity index (χ0n) is 11.3. The third-order valence-electron chi connectivity index (χ3n) is 2.75. The highest BCUT2D eigenvalue weighted by Gasteiger charge is 2.18. The maximum atomic E-state index is 9.37. The second-order valence-corrected chi connectivity index (χ2v) is 5.48. The van der Waals surface area contributed by atoms with Crippen LogP contribution < -0.4 is 14.2 Å². The molecule has 0 radical (unpaired) electrons. The van der Waals surface area contributed by atoms with Crippen molar-refractivity contribution in [2.24, 2.45) is 0 Å². The van der Waals surface area contributed by atoms with E-state index in [0.717, 1.165) is 5.56 Å². The predicted molar refractivity (Wildman–Crippen MR) is 78.1 cm³/mol. The zero-order valence-corrected chi connectivity index (χ0v) is 12.8. The molecule has 2 rings (SSSR count). The topological polar surface area (TPSA) is 60.8 Å². The van der Waals surface area contributed by atoms with Crippen molar-refractivity contribution < 1.29 is 19.3 Å². The Kier molecular flexibility index (Phi) is 4.69. The highest BCUT2D eigenvalue weighted by molar-refractivity contribution is 7.16. The fraction of sp³-hybridized carbons (Fsp3) is 0.308. The third-order valence-corrected chi connectivity index (χ3v) is 3.90. The van der Waals surface area contributed by atoms with Crippen LogP contribution in [0.15, 0.2) is 12.1 Å². The number of thiazole rings is 1. The van der Waals surface area contributed by atoms with Gasteiger partial charge in [0, 0.05) is 5.56 Å². The first-order valence-corrected chi connectivity index (χ1v) is 6.90. The first kappa shape index (κ1) is 14.9. The molecule has 0 amide bonds. The first-order chi connectivity index (χ1) is 9.64. The van der Waals surface area contributed by atoms with E-state index in [9.17, 15) is 5.11 Å². The number of aliphatic hydroxyl groups excluding tert-OH is 1. The van der Waals surface area contributed by atoms with Crippen LogP contribution in [0.25, 0.3) is 11.3 Å². The van der Waals surface area contributed by atoms with E-state index in [0.29, 0.717) is 32.3 Å². The lowest BCUT2D eigenvalue weighted by Gasteiger charge is -2.13. The number of aliphatic hydroxyl groups is 1. The van der Waals surface area contributed by atoms with Crippen LogP contribution in [0.5, 0.6) is 17.2 Å². The molecule has 0 saturated heterocycles. The molecule has 0 saturated carbocycles. The van der Waals surface area contributed by atoms with Gasteiger partial charge in [0.1, 0.15) is 0 Å². The number of halogens is 1. The second kappa shape index (κ2) is 6.30. The Bertz CT molecular complexity index is 589. The van der Waals surface area contributed by atoms with Crippen molar-refractivity contribution in [1.29, 1.82) is 0 Å². The van der Waals surface area contributed by atoms with Crippen LogP contribution in [-0.2, 0) is 6.61 Å². The molecule has 0 spiro atoms. The van der Waals surface area contributed by atoms with E-state index in [1.807, 2.05) is 0 Å². The number of aromatic nitrogens is 1. The molecular formula is C13H14ClNO4S. The molecule has 20 heavy (non-hydrogen) atoms. The van der Waals surface area contributed by atoms with Gasteiger partial charge in [-0.15, -0.1) is 11.3 Å². The molecule has 0 aliphatic carbocycles. The van der Waals surface area contributed by atoms with Gasteiger partial charge in [-0.2, -0.15) is 0 Å². The minimum Gasteiger partial charge on any atom is -0.493 e. The molecule has 1 N–H and O–H groups in total. The van der Waals surface area contributed by atoms with Gasteiger partial charge in [0.2, 0.25) is 5.75 Å². The van der Waals surface area contributed by atoms with Gasteiger partial charge in [-0.3, -0.25) is 0 Å². The number of rotatable bonds is 5. The molecule has 0 atom stereocenters. The molecule has 1 aromatic carbocycles. The normalized spacial score (nSPS) is 10.4. The van der Waals surface area contributed by atoms with Crippen LogP contribution in [0, 0.1) is 0 Å². The smallest absolute Gasteiger partial charge is 0.203 e. The fourth-order valence-corrected chi connectivity index (χ4v) is 2.90. The van der Waals surface area contributed by atoms with Gasteiger partial charge >= 0.3 is 0 Å². The Morgan fingerprint density at radius 3 is 2.20 bits per heavy atom.